The van der Waals surface area contributed by atoms with Crippen molar-refractivity contribution >= 4 is 23.3 Å². The number of carbonyl (C=O) groups excluding carboxylic acids is 2. The summed E-state index contributed by atoms with van der Waals surface area (Å²) in [5.41, 5.74) is 2.28. The summed E-state index contributed by atoms with van der Waals surface area (Å²) < 4.78 is 12.9. The number of halogens is 1. The first-order valence-electron chi connectivity index (χ1n) is 8.32. The molecule has 25 heavy (non-hydrogen) atoms. The minimum atomic E-state index is -0.332. The molecule has 6 heteroatoms. The SMILES string of the molecule is O=C(NCCc1ccc(F)cc1)Nc1ccccc1N1CCCC1=O. The Morgan fingerprint density at radius 3 is 2.60 bits per heavy atom. The maximum absolute atomic E-state index is 12.9. The number of hydrogen-bond acceptors (Lipinski definition) is 2. The fourth-order valence-electron chi connectivity index (χ4n) is 2.86. The van der Waals surface area contributed by atoms with Crippen molar-refractivity contribution < 1.29 is 14.0 Å². The average molecular weight is 341 g/mol. The number of benzene rings is 2. The summed E-state index contributed by atoms with van der Waals surface area (Å²) in [6, 6.07) is 13.1. The molecule has 1 aliphatic rings. The van der Waals surface area contributed by atoms with E-state index in [0.717, 1.165) is 17.7 Å². The summed E-state index contributed by atoms with van der Waals surface area (Å²) >= 11 is 0. The predicted molar refractivity (Wildman–Crippen MR) is 95.2 cm³/mol. The van der Waals surface area contributed by atoms with E-state index >= 15 is 0 Å². The third-order valence-corrected chi connectivity index (χ3v) is 4.13. The summed E-state index contributed by atoms with van der Waals surface area (Å²) in [6.07, 6.45) is 1.98. The number of urea groups is 1. The van der Waals surface area contributed by atoms with E-state index in [1.165, 1.54) is 12.1 Å². The molecule has 0 aromatic heterocycles. The van der Waals surface area contributed by atoms with E-state index in [0.29, 0.717) is 31.6 Å². The molecule has 1 saturated heterocycles. The van der Waals surface area contributed by atoms with E-state index in [4.69, 9.17) is 0 Å². The first-order chi connectivity index (χ1) is 12.1. The molecule has 0 saturated carbocycles. The minimum Gasteiger partial charge on any atom is -0.338 e. The number of rotatable bonds is 5. The fourth-order valence-corrected chi connectivity index (χ4v) is 2.86. The smallest absolute Gasteiger partial charge is 0.319 e. The van der Waals surface area contributed by atoms with Crippen LogP contribution < -0.4 is 15.5 Å². The monoisotopic (exact) mass is 341 g/mol. The van der Waals surface area contributed by atoms with E-state index in [-0.39, 0.29) is 17.8 Å². The van der Waals surface area contributed by atoms with Crippen molar-refractivity contribution in [2.45, 2.75) is 19.3 Å². The van der Waals surface area contributed by atoms with Crippen molar-refractivity contribution in [2.75, 3.05) is 23.3 Å². The standard InChI is InChI=1S/C19H20FN3O2/c20-15-9-7-14(8-10-15)11-12-21-19(25)22-16-4-1-2-5-17(16)23-13-3-6-18(23)24/h1-2,4-5,7-10H,3,6,11-13H2,(H2,21,22,25). The highest BCUT2D eigenvalue weighted by Gasteiger charge is 2.24. The molecule has 0 aliphatic carbocycles. The lowest BCUT2D eigenvalue weighted by Crippen LogP contribution is -2.32. The van der Waals surface area contributed by atoms with Crippen molar-refractivity contribution in [3.05, 3.63) is 59.9 Å². The highest BCUT2D eigenvalue weighted by molar-refractivity contribution is 6.01. The lowest BCUT2D eigenvalue weighted by atomic mass is 10.1. The molecule has 3 amide bonds. The van der Waals surface area contributed by atoms with Crippen LogP contribution in [0.15, 0.2) is 48.5 Å². The van der Waals surface area contributed by atoms with Gasteiger partial charge in [-0.2, -0.15) is 0 Å². The third kappa shape index (κ3) is 4.35. The van der Waals surface area contributed by atoms with Crippen molar-refractivity contribution in [3.8, 4) is 0 Å². The molecule has 2 aromatic rings. The topological polar surface area (TPSA) is 61.4 Å². The molecule has 0 atom stereocenters. The maximum atomic E-state index is 12.9. The normalized spacial score (nSPS) is 13.8. The quantitative estimate of drug-likeness (QED) is 0.876. The maximum Gasteiger partial charge on any atom is 0.319 e. The Balaban J connectivity index is 1.56. The van der Waals surface area contributed by atoms with Crippen LogP contribution in [0.5, 0.6) is 0 Å². The largest absolute Gasteiger partial charge is 0.338 e. The summed E-state index contributed by atoms with van der Waals surface area (Å²) in [5, 5.41) is 5.58. The van der Waals surface area contributed by atoms with Gasteiger partial charge >= 0.3 is 6.03 Å². The van der Waals surface area contributed by atoms with Gasteiger partial charge in [0.2, 0.25) is 5.91 Å². The molecule has 0 bridgehead atoms. The molecule has 0 spiro atoms. The Hall–Kier alpha value is -2.89. The van der Waals surface area contributed by atoms with Gasteiger partial charge in [0.1, 0.15) is 5.82 Å². The molecule has 0 radical (unpaired) electrons. The van der Waals surface area contributed by atoms with Gasteiger partial charge in [-0.1, -0.05) is 24.3 Å². The number of anilines is 2. The van der Waals surface area contributed by atoms with E-state index in [2.05, 4.69) is 10.6 Å². The van der Waals surface area contributed by atoms with Crippen LogP contribution in [0.25, 0.3) is 0 Å². The molecule has 1 heterocycles. The van der Waals surface area contributed by atoms with Crippen LogP contribution >= 0.6 is 0 Å². The Kier molecular flexibility index (Phi) is 5.28. The van der Waals surface area contributed by atoms with Gasteiger partial charge < -0.3 is 15.5 Å². The lowest BCUT2D eigenvalue weighted by molar-refractivity contribution is -0.117. The van der Waals surface area contributed by atoms with E-state index in [1.807, 2.05) is 18.2 Å². The van der Waals surface area contributed by atoms with Crippen molar-refractivity contribution in [1.29, 1.82) is 0 Å². The molecule has 2 N–H and O–H groups in total. The summed E-state index contributed by atoms with van der Waals surface area (Å²) in [4.78, 5) is 25.8. The van der Waals surface area contributed by atoms with Crippen molar-refractivity contribution in [2.24, 2.45) is 0 Å². The van der Waals surface area contributed by atoms with Gasteiger partial charge in [0.05, 0.1) is 11.4 Å². The summed E-state index contributed by atoms with van der Waals surface area (Å²) in [5.74, 6) is -0.200. The molecule has 3 rings (SSSR count). The Morgan fingerprint density at radius 1 is 1.12 bits per heavy atom. The Labute approximate surface area is 145 Å². The molecular weight excluding hydrogens is 321 g/mol. The van der Waals surface area contributed by atoms with Crippen LogP contribution in [0.3, 0.4) is 0 Å². The summed E-state index contributed by atoms with van der Waals surface area (Å²) in [7, 11) is 0. The molecule has 0 unspecified atom stereocenters. The van der Waals surface area contributed by atoms with Crippen LogP contribution in [-0.2, 0) is 11.2 Å². The molecular formula is C19H20FN3O2. The fraction of sp³-hybridized carbons (Fsp3) is 0.263. The minimum absolute atomic E-state index is 0.0750. The number of carbonyl (C=O) groups is 2. The molecule has 130 valence electrons. The van der Waals surface area contributed by atoms with Crippen molar-refractivity contribution in [3.63, 3.8) is 0 Å². The highest BCUT2D eigenvalue weighted by Crippen LogP contribution is 2.29. The van der Waals surface area contributed by atoms with Gasteiger partial charge in [0, 0.05) is 19.5 Å². The third-order valence-electron chi connectivity index (χ3n) is 4.13. The second-order valence-corrected chi connectivity index (χ2v) is 5.92. The zero-order valence-corrected chi connectivity index (χ0v) is 13.8. The van der Waals surface area contributed by atoms with E-state index in [9.17, 15) is 14.0 Å². The average Bonchev–Trinajstić information content (AvgIpc) is 3.03. The number of hydrogen-bond donors (Lipinski definition) is 2. The van der Waals surface area contributed by atoms with Gasteiger partial charge in [-0.05, 0) is 42.7 Å². The molecule has 1 fully saturated rings. The number of amides is 3. The van der Waals surface area contributed by atoms with E-state index < -0.39 is 0 Å². The van der Waals surface area contributed by atoms with E-state index in [1.54, 1.807) is 23.1 Å². The number of nitrogens with zero attached hydrogens (tertiary/aromatic N) is 1. The van der Waals surface area contributed by atoms with Gasteiger partial charge in [-0.3, -0.25) is 4.79 Å². The Bertz CT molecular complexity index is 762. The Morgan fingerprint density at radius 2 is 1.88 bits per heavy atom. The van der Waals surface area contributed by atoms with Crippen LogP contribution in [0.1, 0.15) is 18.4 Å². The predicted octanol–water partition coefficient (Wildman–Crippen LogP) is 3.32. The highest BCUT2D eigenvalue weighted by atomic mass is 19.1. The van der Waals surface area contributed by atoms with Crippen molar-refractivity contribution in [1.82, 2.24) is 5.32 Å². The number of para-hydroxylation sites is 2. The van der Waals surface area contributed by atoms with Crippen LogP contribution in [0.2, 0.25) is 0 Å². The first kappa shape index (κ1) is 17.0. The van der Waals surface area contributed by atoms with Crippen LogP contribution in [-0.4, -0.2) is 25.0 Å². The lowest BCUT2D eigenvalue weighted by Gasteiger charge is -2.20. The zero-order chi connectivity index (χ0) is 17.6. The zero-order valence-electron chi connectivity index (χ0n) is 13.8. The molecule has 1 aliphatic heterocycles. The summed E-state index contributed by atoms with van der Waals surface area (Å²) in [6.45, 7) is 1.10. The first-order valence-corrected chi connectivity index (χ1v) is 8.32. The second-order valence-electron chi connectivity index (χ2n) is 5.92. The van der Waals surface area contributed by atoms with Gasteiger partial charge in [-0.25, -0.2) is 9.18 Å². The van der Waals surface area contributed by atoms with Gasteiger partial charge in [0.25, 0.3) is 0 Å². The van der Waals surface area contributed by atoms with Gasteiger partial charge in [0.15, 0.2) is 0 Å². The second kappa shape index (κ2) is 7.79. The van der Waals surface area contributed by atoms with Crippen LogP contribution in [0.4, 0.5) is 20.6 Å². The molecule has 2 aromatic carbocycles. The molecule has 5 nitrogen and oxygen atoms in total. The van der Waals surface area contributed by atoms with Gasteiger partial charge in [-0.15, -0.1) is 0 Å². The van der Waals surface area contributed by atoms with Crippen LogP contribution in [0, 0.1) is 5.82 Å². The number of nitrogens with one attached hydrogen (secondary N) is 2.